The van der Waals surface area contributed by atoms with E-state index in [0.717, 1.165) is 13.0 Å². The Kier molecular flexibility index (Phi) is 6.54. The van der Waals surface area contributed by atoms with Gasteiger partial charge in [-0.05, 0) is 32.4 Å². The molecule has 128 valence electrons. The third-order valence-corrected chi connectivity index (χ3v) is 3.56. The van der Waals surface area contributed by atoms with Crippen LogP contribution in [0.2, 0.25) is 0 Å². The normalized spacial score (nSPS) is 10.3. The number of para-hydroxylation sites is 1. The fourth-order valence-electron chi connectivity index (χ4n) is 2.30. The van der Waals surface area contributed by atoms with Gasteiger partial charge in [0.2, 0.25) is 0 Å². The fraction of sp³-hybridized carbons (Fsp3) is 0.389. The SMILES string of the molecule is CCOC(=O)c1cnc(C)nc1NCCCN(C)c1ccccc1. The molecule has 0 radical (unpaired) electrons. The van der Waals surface area contributed by atoms with Gasteiger partial charge in [0.15, 0.2) is 0 Å². The summed E-state index contributed by atoms with van der Waals surface area (Å²) in [6, 6.07) is 10.2. The second kappa shape index (κ2) is 8.86. The van der Waals surface area contributed by atoms with Gasteiger partial charge in [-0.1, -0.05) is 18.2 Å². The van der Waals surface area contributed by atoms with Crippen molar-refractivity contribution in [1.82, 2.24) is 9.97 Å². The van der Waals surface area contributed by atoms with Crippen LogP contribution in [0.25, 0.3) is 0 Å². The standard InChI is InChI=1S/C18H24N4O2/c1-4-24-18(23)16-13-20-14(2)21-17(16)19-11-8-12-22(3)15-9-6-5-7-10-15/h5-7,9-10,13H,4,8,11-12H2,1-3H3,(H,19,20,21). The van der Waals surface area contributed by atoms with Crippen LogP contribution in [0.4, 0.5) is 11.5 Å². The molecular weight excluding hydrogens is 304 g/mol. The number of nitrogens with zero attached hydrogens (tertiary/aromatic N) is 3. The molecule has 2 rings (SSSR count). The molecular formula is C18H24N4O2. The zero-order valence-electron chi connectivity index (χ0n) is 14.5. The maximum Gasteiger partial charge on any atom is 0.343 e. The number of carbonyl (C=O) groups is 1. The van der Waals surface area contributed by atoms with Crippen LogP contribution in [0.3, 0.4) is 0 Å². The fourth-order valence-corrected chi connectivity index (χ4v) is 2.30. The summed E-state index contributed by atoms with van der Waals surface area (Å²) < 4.78 is 5.04. The lowest BCUT2D eigenvalue weighted by Crippen LogP contribution is -2.21. The van der Waals surface area contributed by atoms with E-state index in [4.69, 9.17) is 4.74 Å². The van der Waals surface area contributed by atoms with E-state index in [1.54, 1.807) is 13.8 Å². The van der Waals surface area contributed by atoms with Crippen LogP contribution >= 0.6 is 0 Å². The minimum Gasteiger partial charge on any atom is -0.462 e. The largest absolute Gasteiger partial charge is 0.462 e. The molecule has 2 aromatic rings. The molecule has 1 aromatic carbocycles. The van der Waals surface area contributed by atoms with Crippen LogP contribution in [0.1, 0.15) is 29.5 Å². The highest BCUT2D eigenvalue weighted by molar-refractivity contribution is 5.94. The summed E-state index contributed by atoms with van der Waals surface area (Å²) in [6.45, 7) is 5.51. The number of carbonyl (C=O) groups excluding carboxylic acids is 1. The average molecular weight is 328 g/mol. The van der Waals surface area contributed by atoms with Gasteiger partial charge in [0.05, 0.1) is 6.61 Å². The zero-order valence-corrected chi connectivity index (χ0v) is 14.5. The van der Waals surface area contributed by atoms with Crippen LogP contribution in [-0.2, 0) is 4.74 Å². The number of benzene rings is 1. The first-order valence-corrected chi connectivity index (χ1v) is 8.12. The lowest BCUT2D eigenvalue weighted by Gasteiger charge is -2.19. The first-order chi connectivity index (χ1) is 11.6. The molecule has 0 bridgehead atoms. The van der Waals surface area contributed by atoms with Crippen LogP contribution in [0, 0.1) is 6.92 Å². The van der Waals surface area contributed by atoms with E-state index in [-0.39, 0.29) is 0 Å². The molecule has 0 amide bonds. The van der Waals surface area contributed by atoms with Crippen molar-refractivity contribution < 1.29 is 9.53 Å². The molecule has 0 aliphatic heterocycles. The molecule has 6 nitrogen and oxygen atoms in total. The quantitative estimate of drug-likeness (QED) is 0.594. The smallest absolute Gasteiger partial charge is 0.343 e. The molecule has 24 heavy (non-hydrogen) atoms. The van der Waals surface area contributed by atoms with E-state index in [0.29, 0.717) is 30.4 Å². The maximum absolute atomic E-state index is 12.0. The number of aromatic nitrogens is 2. The average Bonchev–Trinajstić information content (AvgIpc) is 2.59. The summed E-state index contributed by atoms with van der Waals surface area (Å²) in [5, 5.41) is 3.22. The van der Waals surface area contributed by atoms with Crippen molar-refractivity contribution in [2.75, 3.05) is 37.0 Å². The van der Waals surface area contributed by atoms with Crippen LogP contribution in [0.5, 0.6) is 0 Å². The van der Waals surface area contributed by atoms with Crippen molar-refractivity contribution in [3.05, 3.63) is 47.9 Å². The molecule has 0 saturated carbocycles. The van der Waals surface area contributed by atoms with E-state index in [2.05, 4.69) is 39.4 Å². The molecule has 0 aliphatic rings. The summed E-state index contributed by atoms with van der Waals surface area (Å²) in [7, 11) is 2.06. The van der Waals surface area contributed by atoms with Gasteiger partial charge >= 0.3 is 5.97 Å². The molecule has 0 unspecified atom stereocenters. The molecule has 6 heteroatoms. The van der Waals surface area contributed by atoms with Gasteiger partial charge in [-0.3, -0.25) is 0 Å². The Hall–Kier alpha value is -2.63. The highest BCUT2D eigenvalue weighted by atomic mass is 16.5. The van der Waals surface area contributed by atoms with E-state index >= 15 is 0 Å². The zero-order chi connectivity index (χ0) is 17.4. The summed E-state index contributed by atoms with van der Waals surface area (Å²) in [5.74, 6) is 0.747. The van der Waals surface area contributed by atoms with E-state index in [9.17, 15) is 4.79 Å². The monoisotopic (exact) mass is 328 g/mol. The number of aryl methyl sites for hydroxylation is 1. The predicted molar refractivity (Wildman–Crippen MR) is 95.5 cm³/mol. The Morgan fingerprint density at radius 3 is 2.75 bits per heavy atom. The lowest BCUT2D eigenvalue weighted by atomic mass is 10.2. The molecule has 1 aromatic heterocycles. The summed E-state index contributed by atoms with van der Waals surface area (Å²) in [5.41, 5.74) is 1.56. The summed E-state index contributed by atoms with van der Waals surface area (Å²) >= 11 is 0. The molecule has 0 fully saturated rings. The van der Waals surface area contributed by atoms with Gasteiger partial charge in [-0.2, -0.15) is 0 Å². The number of nitrogens with one attached hydrogen (secondary N) is 1. The van der Waals surface area contributed by atoms with E-state index < -0.39 is 5.97 Å². The van der Waals surface area contributed by atoms with E-state index in [1.807, 2.05) is 18.2 Å². The molecule has 0 saturated heterocycles. The number of ether oxygens (including phenoxy) is 1. The Bertz CT molecular complexity index is 661. The Morgan fingerprint density at radius 2 is 2.04 bits per heavy atom. The van der Waals surface area contributed by atoms with Crippen LogP contribution in [-0.4, -0.2) is 42.7 Å². The lowest BCUT2D eigenvalue weighted by molar-refractivity contribution is 0.0526. The first kappa shape index (κ1) is 17.7. The Labute approximate surface area is 142 Å². The molecule has 0 spiro atoms. The van der Waals surface area contributed by atoms with Gasteiger partial charge in [0.1, 0.15) is 17.2 Å². The number of hydrogen-bond donors (Lipinski definition) is 1. The second-order valence-electron chi connectivity index (χ2n) is 5.44. The van der Waals surface area contributed by atoms with Gasteiger partial charge in [-0.15, -0.1) is 0 Å². The Morgan fingerprint density at radius 1 is 1.29 bits per heavy atom. The van der Waals surface area contributed by atoms with Gasteiger partial charge in [0.25, 0.3) is 0 Å². The van der Waals surface area contributed by atoms with Crippen molar-refractivity contribution in [3.8, 4) is 0 Å². The number of anilines is 2. The molecule has 1 N–H and O–H groups in total. The van der Waals surface area contributed by atoms with Crippen molar-refractivity contribution in [1.29, 1.82) is 0 Å². The van der Waals surface area contributed by atoms with Crippen LogP contribution in [0.15, 0.2) is 36.5 Å². The minimum absolute atomic E-state index is 0.327. The third-order valence-electron chi connectivity index (χ3n) is 3.56. The van der Waals surface area contributed by atoms with Crippen molar-refractivity contribution >= 4 is 17.5 Å². The Balaban J connectivity index is 1.90. The van der Waals surface area contributed by atoms with Crippen molar-refractivity contribution in [3.63, 3.8) is 0 Å². The maximum atomic E-state index is 12.0. The van der Waals surface area contributed by atoms with Crippen molar-refractivity contribution in [2.45, 2.75) is 20.3 Å². The first-order valence-electron chi connectivity index (χ1n) is 8.12. The van der Waals surface area contributed by atoms with Gasteiger partial charge in [0, 0.05) is 32.0 Å². The number of rotatable bonds is 8. The highest BCUT2D eigenvalue weighted by Gasteiger charge is 2.14. The number of hydrogen-bond acceptors (Lipinski definition) is 6. The topological polar surface area (TPSA) is 67.3 Å². The minimum atomic E-state index is -0.401. The van der Waals surface area contributed by atoms with Gasteiger partial charge in [-0.25, -0.2) is 14.8 Å². The van der Waals surface area contributed by atoms with Crippen molar-refractivity contribution in [2.24, 2.45) is 0 Å². The molecule has 0 aliphatic carbocycles. The summed E-state index contributed by atoms with van der Waals surface area (Å²) in [4.78, 5) is 22.5. The predicted octanol–water partition coefficient (Wildman–Crippen LogP) is 2.90. The third kappa shape index (κ3) is 4.94. The second-order valence-corrected chi connectivity index (χ2v) is 5.44. The van der Waals surface area contributed by atoms with Crippen LogP contribution < -0.4 is 10.2 Å². The number of esters is 1. The highest BCUT2D eigenvalue weighted by Crippen LogP contribution is 2.14. The molecule has 1 heterocycles. The molecule has 0 atom stereocenters. The van der Waals surface area contributed by atoms with E-state index in [1.165, 1.54) is 11.9 Å². The van der Waals surface area contributed by atoms with Gasteiger partial charge < -0.3 is 15.0 Å². The summed E-state index contributed by atoms with van der Waals surface area (Å²) in [6.07, 6.45) is 2.43.